The van der Waals surface area contributed by atoms with Gasteiger partial charge in [-0.15, -0.1) is 0 Å². The summed E-state index contributed by atoms with van der Waals surface area (Å²) in [5, 5.41) is 30.1. The Kier molecular flexibility index (Phi) is 4.58. The molecule has 0 aromatic heterocycles. The minimum Gasteiger partial charge on any atom is -0.479 e. The summed E-state index contributed by atoms with van der Waals surface area (Å²) in [5.74, 6) is -1.92. The van der Waals surface area contributed by atoms with Crippen LogP contribution in [0.25, 0.3) is 0 Å². The van der Waals surface area contributed by atoms with E-state index in [2.05, 4.69) is 6.92 Å². The molecule has 3 saturated carbocycles. The van der Waals surface area contributed by atoms with Gasteiger partial charge in [0.15, 0.2) is 11.6 Å². The highest BCUT2D eigenvalue weighted by atomic mass is 16.4. The molecule has 0 spiro atoms. The fourth-order valence-electron chi connectivity index (χ4n) is 7.47. The van der Waals surface area contributed by atoms with Crippen LogP contribution in [0.4, 0.5) is 0 Å². The molecule has 0 aromatic carbocycles. The molecular formula is C22H30O6. The summed E-state index contributed by atoms with van der Waals surface area (Å²) in [5.41, 5.74) is 0.496. The van der Waals surface area contributed by atoms with Crippen molar-refractivity contribution in [3.05, 3.63) is 11.6 Å². The maximum Gasteiger partial charge on any atom is 0.340 e. The summed E-state index contributed by atoms with van der Waals surface area (Å²) in [6.07, 6.45) is 4.06. The third kappa shape index (κ3) is 2.64. The summed E-state index contributed by atoms with van der Waals surface area (Å²) < 4.78 is 0. The Hall–Kier alpha value is -1.53. The van der Waals surface area contributed by atoms with Gasteiger partial charge in [0.05, 0.1) is 6.10 Å². The number of fused-ring (bicyclic) bond motifs is 5. The predicted octanol–water partition coefficient (Wildman–Crippen LogP) is 2.12. The van der Waals surface area contributed by atoms with Crippen molar-refractivity contribution in [3.63, 3.8) is 0 Å². The molecule has 154 valence electrons. The predicted molar refractivity (Wildman–Crippen MR) is 100 cm³/mol. The molecule has 1 unspecified atom stereocenters. The van der Waals surface area contributed by atoms with Crippen LogP contribution in [0.3, 0.4) is 0 Å². The monoisotopic (exact) mass is 390 g/mol. The second kappa shape index (κ2) is 6.49. The molecule has 28 heavy (non-hydrogen) atoms. The van der Waals surface area contributed by atoms with Gasteiger partial charge in [-0.25, -0.2) is 4.79 Å². The number of aliphatic hydroxyl groups excluding tert-OH is 2. The number of allylic oxidation sites excluding steroid dienone is 1. The highest BCUT2D eigenvalue weighted by Gasteiger charge is 2.63. The Morgan fingerprint density at radius 2 is 1.89 bits per heavy atom. The number of aliphatic carboxylic acids is 1. The van der Waals surface area contributed by atoms with Gasteiger partial charge in [-0.3, -0.25) is 9.59 Å². The molecular weight excluding hydrogens is 360 g/mol. The average Bonchev–Trinajstić information content (AvgIpc) is 2.97. The van der Waals surface area contributed by atoms with Crippen molar-refractivity contribution in [3.8, 4) is 0 Å². The second-order valence-electron chi connectivity index (χ2n) is 9.94. The molecule has 4 rings (SSSR count). The van der Waals surface area contributed by atoms with Gasteiger partial charge >= 0.3 is 5.97 Å². The first-order valence-corrected chi connectivity index (χ1v) is 10.5. The molecule has 0 radical (unpaired) electrons. The number of carbonyl (C=O) groups excluding carboxylic acids is 2. The third-order valence-corrected chi connectivity index (χ3v) is 8.74. The number of hydrogen-bond acceptors (Lipinski definition) is 5. The van der Waals surface area contributed by atoms with Crippen LogP contribution in [0.2, 0.25) is 0 Å². The van der Waals surface area contributed by atoms with Crippen LogP contribution in [-0.2, 0) is 14.4 Å². The number of carboxylic acid groups (broad SMARTS) is 1. The fraction of sp³-hybridized carbons (Fsp3) is 0.773. The van der Waals surface area contributed by atoms with Crippen LogP contribution in [0, 0.1) is 34.5 Å². The second-order valence-corrected chi connectivity index (χ2v) is 9.94. The first-order valence-electron chi connectivity index (χ1n) is 10.5. The van der Waals surface area contributed by atoms with E-state index in [1.165, 1.54) is 5.57 Å². The number of Topliss-reactive ketones (excluding diaryl/α,β-unsaturated/α-hetero) is 1. The van der Waals surface area contributed by atoms with Gasteiger partial charge in [-0.1, -0.05) is 19.4 Å². The summed E-state index contributed by atoms with van der Waals surface area (Å²) in [7, 11) is 0. The normalized spacial score (nSPS) is 46.1. The van der Waals surface area contributed by atoms with E-state index < -0.39 is 35.3 Å². The zero-order valence-corrected chi connectivity index (χ0v) is 16.6. The summed E-state index contributed by atoms with van der Waals surface area (Å²) in [6, 6.07) is 0. The minimum absolute atomic E-state index is 0.0666. The first-order chi connectivity index (χ1) is 13.1. The molecule has 0 amide bonds. The minimum atomic E-state index is -1.99. The lowest BCUT2D eigenvalue weighted by Crippen LogP contribution is -2.57. The highest BCUT2D eigenvalue weighted by molar-refractivity contribution is 6.02. The molecule has 3 N–H and O–H groups in total. The van der Waals surface area contributed by atoms with Crippen molar-refractivity contribution in [2.24, 2.45) is 34.5 Å². The van der Waals surface area contributed by atoms with E-state index >= 15 is 0 Å². The number of aliphatic hydroxyl groups is 2. The van der Waals surface area contributed by atoms with Crippen molar-refractivity contribution in [1.29, 1.82) is 0 Å². The van der Waals surface area contributed by atoms with Crippen molar-refractivity contribution < 1.29 is 29.7 Å². The van der Waals surface area contributed by atoms with Gasteiger partial charge in [0.2, 0.25) is 6.10 Å². The maximum atomic E-state index is 12.7. The molecule has 8 atom stereocenters. The standard InChI is InChI=1S/C22H30O6/c1-21-8-7-12(23)9-11(21)3-4-13-14-5-6-15(18(25)19(26)20(27)28)22(14,2)10-16(24)17(13)21/h9,13-17,19,24,26H,3-8,10H2,1-2H3,(H,27,28)/t13-,14-,15+,16-,17+,19?,21-,22-/m0/s1. The Morgan fingerprint density at radius 1 is 1.18 bits per heavy atom. The smallest absolute Gasteiger partial charge is 0.340 e. The maximum absolute atomic E-state index is 12.7. The average molecular weight is 390 g/mol. The van der Waals surface area contributed by atoms with Crippen LogP contribution >= 0.6 is 0 Å². The lowest BCUT2D eigenvalue weighted by atomic mass is 9.46. The summed E-state index contributed by atoms with van der Waals surface area (Å²) >= 11 is 0. The van der Waals surface area contributed by atoms with E-state index in [1.807, 2.05) is 6.92 Å². The van der Waals surface area contributed by atoms with Crippen LogP contribution in [0.5, 0.6) is 0 Å². The molecule has 0 heterocycles. The summed E-state index contributed by atoms with van der Waals surface area (Å²) in [6.45, 7) is 4.18. The Bertz CT molecular complexity index is 756. The van der Waals surface area contributed by atoms with Gasteiger partial charge < -0.3 is 15.3 Å². The fourth-order valence-corrected chi connectivity index (χ4v) is 7.47. The van der Waals surface area contributed by atoms with Crippen molar-refractivity contribution in [2.45, 2.75) is 71.0 Å². The van der Waals surface area contributed by atoms with Gasteiger partial charge in [-0.2, -0.15) is 0 Å². The Labute approximate surface area is 165 Å². The zero-order valence-electron chi connectivity index (χ0n) is 16.6. The van der Waals surface area contributed by atoms with E-state index in [4.69, 9.17) is 5.11 Å². The van der Waals surface area contributed by atoms with E-state index in [-0.39, 0.29) is 29.0 Å². The number of carboxylic acids is 1. The molecule has 4 aliphatic carbocycles. The number of carbonyl (C=O) groups is 3. The largest absolute Gasteiger partial charge is 0.479 e. The van der Waals surface area contributed by atoms with E-state index in [0.29, 0.717) is 19.3 Å². The van der Waals surface area contributed by atoms with Crippen molar-refractivity contribution >= 4 is 17.5 Å². The van der Waals surface area contributed by atoms with Gasteiger partial charge in [-0.05, 0) is 73.2 Å². The van der Waals surface area contributed by atoms with E-state index in [0.717, 1.165) is 25.7 Å². The van der Waals surface area contributed by atoms with Gasteiger partial charge in [0, 0.05) is 12.3 Å². The molecule has 0 saturated heterocycles. The summed E-state index contributed by atoms with van der Waals surface area (Å²) in [4.78, 5) is 35.7. The molecule has 6 nitrogen and oxygen atoms in total. The molecule has 3 fully saturated rings. The van der Waals surface area contributed by atoms with Crippen molar-refractivity contribution in [1.82, 2.24) is 0 Å². The van der Waals surface area contributed by atoms with Crippen LogP contribution in [0.1, 0.15) is 58.8 Å². The molecule has 0 bridgehead atoms. The topological polar surface area (TPSA) is 112 Å². The Morgan fingerprint density at radius 3 is 2.57 bits per heavy atom. The van der Waals surface area contributed by atoms with Gasteiger partial charge in [0.1, 0.15) is 0 Å². The SMILES string of the molecule is C[C@]12C[C@H](O)[C@H]3[C@@H](CCC4=CC(=O)CC[C@@]43C)[C@@H]1CC[C@@H]2C(=O)C(O)C(=O)O. The lowest BCUT2D eigenvalue weighted by Gasteiger charge is -2.59. The van der Waals surface area contributed by atoms with Crippen LogP contribution in [-0.4, -0.2) is 45.1 Å². The molecule has 0 aromatic rings. The molecule has 6 heteroatoms. The van der Waals surface area contributed by atoms with E-state index in [1.54, 1.807) is 6.08 Å². The quantitative estimate of drug-likeness (QED) is 0.637. The van der Waals surface area contributed by atoms with E-state index in [9.17, 15) is 24.6 Å². The van der Waals surface area contributed by atoms with Crippen LogP contribution in [0.15, 0.2) is 11.6 Å². The number of hydrogen-bond donors (Lipinski definition) is 3. The van der Waals surface area contributed by atoms with Gasteiger partial charge in [0.25, 0.3) is 0 Å². The van der Waals surface area contributed by atoms with Crippen molar-refractivity contribution in [2.75, 3.05) is 0 Å². The highest BCUT2D eigenvalue weighted by Crippen LogP contribution is 2.66. The number of ketones is 2. The lowest BCUT2D eigenvalue weighted by molar-refractivity contribution is -0.160. The van der Waals surface area contributed by atoms with Crippen LogP contribution < -0.4 is 0 Å². The Balaban J connectivity index is 1.66. The first kappa shape index (κ1) is 19.8. The molecule has 4 aliphatic rings. The third-order valence-electron chi connectivity index (χ3n) is 8.74. The zero-order chi connectivity index (χ0) is 20.4. The molecule has 0 aliphatic heterocycles. The number of rotatable bonds is 3.